The SMILES string of the molecule is O=C1OCC2=C1CC(=O)c1ccccc1CC2. The molecule has 0 saturated carbocycles. The average Bonchev–Trinajstić information content (AvgIpc) is 2.66. The number of esters is 1. The number of cyclic esters (lactones) is 1. The van der Waals surface area contributed by atoms with Gasteiger partial charge in [0.15, 0.2) is 5.78 Å². The second kappa shape index (κ2) is 3.84. The van der Waals surface area contributed by atoms with Crippen LogP contribution in [-0.2, 0) is 16.0 Å². The number of carbonyl (C=O) groups is 2. The Morgan fingerprint density at radius 2 is 1.88 bits per heavy atom. The number of benzene rings is 1. The number of hydrogen-bond acceptors (Lipinski definition) is 3. The summed E-state index contributed by atoms with van der Waals surface area (Å²) in [4.78, 5) is 23.6. The van der Waals surface area contributed by atoms with Gasteiger partial charge < -0.3 is 4.74 Å². The molecular formula is C14H12O3. The van der Waals surface area contributed by atoms with E-state index in [1.807, 2.05) is 24.3 Å². The maximum atomic E-state index is 12.1. The van der Waals surface area contributed by atoms with E-state index < -0.39 is 0 Å². The van der Waals surface area contributed by atoms with E-state index >= 15 is 0 Å². The Morgan fingerprint density at radius 1 is 1.06 bits per heavy atom. The highest BCUT2D eigenvalue weighted by Gasteiger charge is 2.29. The molecule has 0 saturated heterocycles. The first-order valence-corrected chi connectivity index (χ1v) is 5.75. The minimum absolute atomic E-state index is 0.0200. The van der Waals surface area contributed by atoms with E-state index in [9.17, 15) is 9.59 Å². The van der Waals surface area contributed by atoms with E-state index in [0.717, 1.165) is 29.5 Å². The summed E-state index contributed by atoms with van der Waals surface area (Å²) >= 11 is 0. The minimum Gasteiger partial charge on any atom is -0.458 e. The van der Waals surface area contributed by atoms with Crippen LogP contribution >= 0.6 is 0 Å². The fraction of sp³-hybridized carbons (Fsp3) is 0.286. The Hall–Kier alpha value is -1.90. The van der Waals surface area contributed by atoms with Gasteiger partial charge in [-0.1, -0.05) is 24.3 Å². The van der Waals surface area contributed by atoms with Crippen LogP contribution in [0.25, 0.3) is 0 Å². The van der Waals surface area contributed by atoms with Gasteiger partial charge in [-0.25, -0.2) is 4.79 Å². The third kappa shape index (κ3) is 1.68. The molecule has 17 heavy (non-hydrogen) atoms. The van der Waals surface area contributed by atoms with Crippen LogP contribution in [0.1, 0.15) is 28.8 Å². The van der Waals surface area contributed by atoms with E-state index in [-0.39, 0.29) is 18.2 Å². The van der Waals surface area contributed by atoms with E-state index in [0.29, 0.717) is 12.2 Å². The van der Waals surface area contributed by atoms with Crippen molar-refractivity contribution in [2.75, 3.05) is 6.61 Å². The number of fused-ring (bicyclic) bond motifs is 1. The van der Waals surface area contributed by atoms with Gasteiger partial charge in [0.25, 0.3) is 0 Å². The molecule has 0 N–H and O–H groups in total. The molecule has 0 radical (unpaired) electrons. The largest absolute Gasteiger partial charge is 0.458 e. The summed E-state index contributed by atoms with van der Waals surface area (Å²) in [5.41, 5.74) is 3.41. The highest BCUT2D eigenvalue weighted by molar-refractivity contribution is 6.05. The molecule has 0 amide bonds. The van der Waals surface area contributed by atoms with Crippen molar-refractivity contribution in [3.8, 4) is 0 Å². The number of aryl methyl sites for hydroxylation is 1. The Kier molecular flexibility index (Phi) is 2.32. The van der Waals surface area contributed by atoms with E-state index in [1.54, 1.807) is 0 Å². The highest BCUT2D eigenvalue weighted by atomic mass is 16.5. The van der Waals surface area contributed by atoms with Crippen LogP contribution in [0.2, 0.25) is 0 Å². The highest BCUT2D eigenvalue weighted by Crippen LogP contribution is 2.28. The predicted octanol–water partition coefficient (Wildman–Crippen LogP) is 2.06. The molecule has 0 atom stereocenters. The lowest BCUT2D eigenvalue weighted by atomic mass is 9.89. The Labute approximate surface area is 99.1 Å². The van der Waals surface area contributed by atoms with Crippen molar-refractivity contribution in [3.05, 3.63) is 46.5 Å². The number of ether oxygens (including phenoxy) is 1. The number of Topliss-reactive ketones (excluding diaryl/α,β-unsaturated/α-hetero) is 1. The number of carbonyl (C=O) groups excluding carboxylic acids is 2. The summed E-state index contributed by atoms with van der Waals surface area (Å²) < 4.78 is 4.99. The standard InChI is InChI=1S/C14H12O3/c15-13-7-12-10(8-17-14(12)16)6-5-9-3-1-2-4-11(9)13/h1-4H,5-8H2. The van der Waals surface area contributed by atoms with Gasteiger partial charge in [-0.05, 0) is 24.0 Å². The molecule has 0 unspecified atom stereocenters. The molecule has 3 nitrogen and oxygen atoms in total. The van der Waals surface area contributed by atoms with Crippen molar-refractivity contribution in [2.45, 2.75) is 19.3 Å². The Bertz CT molecular complexity index is 540. The zero-order valence-electron chi connectivity index (χ0n) is 9.36. The maximum absolute atomic E-state index is 12.1. The van der Waals surface area contributed by atoms with Crippen molar-refractivity contribution < 1.29 is 14.3 Å². The monoisotopic (exact) mass is 228 g/mol. The second-order valence-corrected chi connectivity index (χ2v) is 4.42. The number of ketones is 1. The second-order valence-electron chi connectivity index (χ2n) is 4.42. The van der Waals surface area contributed by atoms with E-state index in [1.165, 1.54) is 0 Å². The molecule has 1 aromatic rings. The lowest BCUT2D eigenvalue weighted by Gasteiger charge is -2.12. The van der Waals surface area contributed by atoms with Gasteiger partial charge >= 0.3 is 5.97 Å². The molecule has 0 aromatic heterocycles. The first-order valence-electron chi connectivity index (χ1n) is 5.75. The van der Waals surface area contributed by atoms with Gasteiger partial charge in [-0.3, -0.25) is 4.79 Å². The van der Waals surface area contributed by atoms with Crippen LogP contribution in [0.15, 0.2) is 35.4 Å². The van der Waals surface area contributed by atoms with E-state index in [4.69, 9.17) is 4.74 Å². The molecule has 2 aliphatic rings. The topological polar surface area (TPSA) is 43.4 Å². The molecule has 1 heterocycles. The van der Waals surface area contributed by atoms with Crippen LogP contribution < -0.4 is 0 Å². The fourth-order valence-electron chi connectivity index (χ4n) is 2.44. The molecule has 1 aliphatic carbocycles. The van der Waals surface area contributed by atoms with Crippen molar-refractivity contribution >= 4 is 11.8 Å². The molecular weight excluding hydrogens is 216 g/mol. The molecule has 86 valence electrons. The molecule has 3 rings (SSSR count). The first-order chi connectivity index (χ1) is 8.25. The average molecular weight is 228 g/mol. The predicted molar refractivity (Wildman–Crippen MR) is 61.7 cm³/mol. The minimum atomic E-state index is -0.312. The summed E-state index contributed by atoms with van der Waals surface area (Å²) in [7, 11) is 0. The molecule has 0 bridgehead atoms. The van der Waals surface area contributed by atoms with Crippen LogP contribution in [0, 0.1) is 0 Å². The van der Waals surface area contributed by atoms with Crippen LogP contribution in [0.5, 0.6) is 0 Å². The van der Waals surface area contributed by atoms with Crippen molar-refractivity contribution in [1.82, 2.24) is 0 Å². The molecule has 1 aliphatic heterocycles. The molecule has 0 spiro atoms. The zero-order chi connectivity index (χ0) is 11.8. The van der Waals surface area contributed by atoms with Gasteiger partial charge in [0.05, 0.1) is 0 Å². The zero-order valence-corrected chi connectivity index (χ0v) is 9.36. The lowest BCUT2D eigenvalue weighted by Crippen LogP contribution is -2.11. The van der Waals surface area contributed by atoms with Crippen LogP contribution in [0.3, 0.4) is 0 Å². The number of hydrogen-bond donors (Lipinski definition) is 0. The smallest absolute Gasteiger partial charge is 0.334 e. The summed E-state index contributed by atoms with van der Waals surface area (Å²) in [5, 5.41) is 0. The Balaban J connectivity index is 2.03. The molecule has 1 aromatic carbocycles. The summed E-state index contributed by atoms with van der Waals surface area (Å²) in [6.45, 7) is 0.365. The third-order valence-electron chi connectivity index (χ3n) is 3.40. The van der Waals surface area contributed by atoms with Gasteiger partial charge in [-0.2, -0.15) is 0 Å². The van der Waals surface area contributed by atoms with Crippen molar-refractivity contribution in [2.24, 2.45) is 0 Å². The summed E-state index contributed by atoms with van der Waals surface area (Å²) in [5.74, 6) is -0.292. The molecule has 0 fully saturated rings. The summed E-state index contributed by atoms with van der Waals surface area (Å²) in [6, 6.07) is 7.62. The number of rotatable bonds is 0. The van der Waals surface area contributed by atoms with E-state index in [2.05, 4.69) is 0 Å². The first kappa shape index (κ1) is 10.3. The van der Waals surface area contributed by atoms with Crippen LogP contribution in [-0.4, -0.2) is 18.4 Å². The lowest BCUT2D eigenvalue weighted by molar-refractivity contribution is -0.136. The maximum Gasteiger partial charge on any atom is 0.334 e. The van der Waals surface area contributed by atoms with Gasteiger partial charge in [0.2, 0.25) is 0 Å². The van der Waals surface area contributed by atoms with Crippen molar-refractivity contribution in [1.29, 1.82) is 0 Å². The van der Waals surface area contributed by atoms with Gasteiger partial charge in [-0.15, -0.1) is 0 Å². The quantitative estimate of drug-likeness (QED) is 0.638. The normalized spacial score (nSPS) is 19.3. The van der Waals surface area contributed by atoms with Gasteiger partial charge in [0, 0.05) is 17.6 Å². The Morgan fingerprint density at radius 3 is 2.76 bits per heavy atom. The fourth-order valence-corrected chi connectivity index (χ4v) is 2.44. The van der Waals surface area contributed by atoms with Gasteiger partial charge in [0.1, 0.15) is 6.61 Å². The summed E-state index contributed by atoms with van der Waals surface area (Å²) in [6.07, 6.45) is 1.80. The third-order valence-corrected chi connectivity index (χ3v) is 3.40. The van der Waals surface area contributed by atoms with Crippen LogP contribution in [0.4, 0.5) is 0 Å². The molecule has 3 heteroatoms. The van der Waals surface area contributed by atoms with Crippen molar-refractivity contribution in [3.63, 3.8) is 0 Å².